The molecule has 3 heteroatoms. The van der Waals surface area contributed by atoms with Gasteiger partial charge in [-0.1, -0.05) is 38.0 Å². The Balaban J connectivity index is 1.91. The zero-order valence-electron chi connectivity index (χ0n) is 12.4. The maximum atomic E-state index is 12.3. The Morgan fingerprint density at radius 3 is 2.90 bits per heavy atom. The van der Waals surface area contributed by atoms with Crippen LogP contribution in [0.4, 0.5) is 0 Å². The van der Waals surface area contributed by atoms with Gasteiger partial charge in [0.25, 0.3) is 5.91 Å². The molecule has 3 nitrogen and oxygen atoms in total. The Morgan fingerprint density at radius 1 is 1.35 bits per heavy atom. The predicted molar refractivity (Wildman–Crippen MR) is 82.7 cm³/mol. The minimum absolute atomic E-state index is 0.0484. The van der Waals surface area contributed by atoms with Crippen molar-refractivity contribution in [2.75, 3.05) is 13.1 Å². The Morgan fingerprint density at radius 2 is 2.15 bits per heavy atom. The van der Waals surface area contributed by atoms with E-state index >= 15 is 0 Å². The van der Waals surface area contributed by atoms with E-state index in [0.717, 1.165) is 30.0 Å². The minimum Gasteiger partial charge on any atom is -0.352 e. The van der Waals surface area contributed by atoms with Crippen LogP contribution in [0.15, 0.2) is 24.3 Å². The highest BCUT2D eigenvalue weighted by Crippen LogP contribution is 2.28. The molecule has 1 amide bonds. The van der Waals surface area contributed by atoms with E-state index in [9.17, 15) is 4.79 Å². The van der Waals surface area contributed by atoms with E-state index in [1.807, 2.05) is 24.3 Å². The molecule has 1 aromatic carbocycles. The van der Waals surface area contributed by atoms with Gasteiger partial charge in [-0.15, -0.1) is 0 Å². The molecule has 20 heavy (non-hydrogen) atoms. The minimum atomic E-state index is 0.0484. The SMILES string of the molecule is CC1CCCC(CNC(=O)c2ccccc2CCN)C1. The van der Waals surface area contributed by atoms with Crippen LogP contribution in [0.1, 0.15) is 48.5 Å². The molecule has 0 bridgehead atoms. The fraction of sp³-hybridized carbons (Fsp3) is 0.588. The summed E-state index contributed by atoms with van der Waals surface area (Å²) in [4.78, 5) is 12.3. The Hall–Kier alpha value is -1.35. The van der Waals surface area contributed by atoms with Gasteiger partial charge in [-0.25, -0.2) is 0 Å². The van der Waals surface area contributed by atoms with Crippen LogP contribution in [0.3, 0.4) is 0 Å². The number of amides is 1. The molecule has 1 aromatic rings. The van der Waals surface area contributed by atoms with Crippen LogP contribution in [-0.4, -0.2) is 19.0 Å². The molecule has 110 valence electrons. The quantitative estimate of drug-likeness (QED) is 0.867. The predicted octanol–water partition coefficient (Wildman–Crippen LogP) is 2.74. The molecule has 0 aliphatic heterocycles. The van der Waals surface area contributed by atoms with E-state index in [1.54, 1.807) is 0 Å². The number of hydrogen-bond donors (Lipinski definition) is 2. The second-order valence-electron chi connectivity index (χ2n) is 6.04. The molecule has 2 rings (SSSR count). The first-order valence-electron chi connectivity index (χ1n) is 7.77. The van der Waals surface area contributed by atoms with Crippen molar-refractivity contribution in [1.29, 1.82) is 0 Å². The Kier molecular flexibility index (Phi) is 5.60. The molecule has 0 spiro atoms. The van der Waals surface area contributed by atoms with Crippen LogP contribution in [0.5, 0.6) is 0 Å². The third-order valence-corrected chi connectivity index (χ3v) is 4.27. The fourth-order valence-electron chi connectivity index (χ4n) is 3.19. The van der Waals surface area contributed by atoms with Crippen LogP contribution in [0.2, 0.25) is 0 Å². The second-order valence-corrected chi connectivity index (χ2v) is 6.04. The van der Waals surface area contributed by atoms with E-state index in [0.29, 0.717) is 12.5 Å². The summed E-state index contributed by atoms with van der Waals surface area (Å²) in [5, 5.41) is 3.11. The van der Waals surface area contributed by atoms with E-state index < -0.39 is 0 Å². The van der Waals surface area contributed by atoms with E-state index in [2.05, 4.69) is 12.2 Å². The highest BCUT2D eigenvalue weighted by Gasteiger charge is 2.20. The lowest BCUT2D eigenvalue weighted by Gasteiger charge is -2.26. The first-order chi connectivity index (χ1) is 9.70. The molecule has 3 N–H and O–H groups in total. The van der Waals surface area contributed by atoms with E-state index in [-0.39, 0.29) is 5.91 Å². The van der Waals surface area contributed by atoms with Gasteiger partial charge in [0.15, 0.2) is 0 Å². The lowest BCUT2D eigenvalue weighted by Crippen LogP contribution is -2.32. The van der Waals surface area contributed by atoms with Gasteiger partial charge < -0.3 is 11.1 Å². The molecule has 2 atom stereocenters. The van der Waals surface area contributed by atoms with Gasteiger partial charge in [0.1, 0.15) is 0 Å². The molecule has 0 heterocycles. The average molecular weight is 274 g/mol. The number of nitrogens with two attached hydrogens (primary N) is 1. The summed E-state index contributed by atoms with van der Waals surface area (Å²) in [6, 6.07) is 7.76. The van der Waals surface area contributed by atoms with Crippen LogP contribution in [-0.2, 0) is 6.42 Å². The van der Waals surface area contributed by atoms with Gasteiger partial charge in [-0.2, -0.15) is 0 Å². The third-order valence-electron chi connectivity index (χ3n) is 4.27. The topological polar surface area (TPSA) is 55.1 Å². The van der Waals surface area contributed by atoms with Crippen LogP contribution in [0.25, 0.3) is 0 Å². The number of carbonyl (C=O) groups excluding carboxylic acids is 1. The summed E-state index contributed by atoms with van der Waals surface area (Å²) in [6.45, 7) is 3.69. The first-order valence-corrected chi connectivity index (χ1v) is 7.77. The van der Waals surface area contributed by atoms with Crippen molar-refractivity contribution in [3.8, 4) is 0 Å². The van der Waals surface area contributed by atoms with E-state index in [1.165, 1.54) is 25.7 Å². The summed E-state index contributed by atoms with van der Waals surface area (Å²) < 4.78 is 0. The highest BCUT2D eigenvalue weighted by atomic mass is 16.1. The summed E-state index contributed by atoms with van der Waals surface area (Å²) >= 11 is 0. The number of hydrogen-bond acceptors (Lipinski definition) is 2. The summed E-state index contributed by atoms with van der Waals surface area (Å²) in [6.07, 6.45) is 5.87. The van der Waals surface area contributed by atoms with Gasteiger partial charge in [-0.3, -0.25) is 4.79 Å². The molecule has 1 fully saturated rings. The number of carbonyl (C=O) groups is 1. The second kappa shape index (κ2) is 7.44. The van der Waals surface area contributed by atoms with Crippen molar-refractivity contribution in [3.63, 3.8) is 0 Å². The molecule has 0 radical (unpaired) electrons. The lowest BCUT2D eigenvalue weighted by molar-refractivity contribution is 0.0940. The van der Waals surface area contributed by atoms with Crippen LogP contribution >= 0.6 is 0 Å². The monoisotopic (exact) mass is 274 g/mol. The van der Waals surface area contributed by atoms with Crippen LogP contribution < -0.4 is 11.1 Å². The molecular weight excluding hydrogens is 248 g/mol. The number of rotatable bonds is 5. The third kappa shape index (κ3) is 4.07. The first kappa shape index (κ1) is 15.0. The summed E-state index contributed by atoms with van der Waals surface area (Å²) in [7, 11) is 0. The number of benzene rings is 1. The van der Waals surface area contributed by atoms with Crippen molar-refractivity contribution in [2.24, 2.45) is 17.6 Å². The largest absolute Gasteiger partial charge is 0.352 e. The fourth-order valence-corrected chi connectivity index (χ4v) is 3.19. The van der Waals surface area contributed by atoms with E-state index in [4.69, 9.17) is 5.73 Å². The van der Waals surface area contributed by atoms with Gasteiger partial charge in [0.05, 0.1) is 0 Å². The van der Waals surface area contributed by atoms with Gasteiger partial charge >= 0.3 is 0 Å². The van der Waals surface area contributed by atoms with Crippen molar-refractivity contribution < 1.29 is 4.79 Å². The van der Waals surface area contributed by atoms with Gasteiger partial charge in [0.2, 0.25) is 0 Å². The van der Waals surface area contributed by atoms with Crippen molar-refractivity contribution in [2.45, 2.75) is 39.0 Å². The van der Waals surface area contributed by atoms with Crippen molar-refractivity contribution >= 4 is 5.91 Å². The Labute approximate surface area is 121 Å². The van der Waals surface area contributed by atoms with Gasteiger partial charge in [0, 0.05) is 12.1 Å². The molecule has 2 unspecified atom stereocenters. The lowest BCUT2D eigenvalue weighted by atomic mass is 9.82. The normalized spacial score (nSPS) is 22.5. The zero-order chi connectivity index (χ0) is 14.4. The van der Waals surface area contributed by atoms with Gasteiger partial charge in [-0.05, 0) is 49.3 Å². The average Bonchev–Trinajstić information content (AvgIpc) is 2.46. The highest BCUT2D eigenvalue weighted by molar-refractivity contribution is 5.95. The molecule has 0 saturated heterocycles. The zero-order valence-corrected chi connectivity index (χ0v) is 12.4. The maximum Gasteiger partial charge on any atom is 0.251 e. The molecule has 1 saturated carbocycles. The van der Waals surface area contributed by atoms with Crippen LogP contribution in [0, 0.1) is 11.8 Å². The molecular formula is C17H26N2O. The smallest absolute Gasteiger partial charge is 0.251 e. The molecule has 1 aliphatic rings. The molecule has 1 aliphatic carbocycles. The maximum absolute atomic E-state index is 12.3. The standard InChI is InChI=1S/C17H26N2O/c1-13-5-4-6-14(11-13)12-19-17(20)16-8-3-2-7-15(16)9-10-18/h2-3,7-8,13-14H,4-6,9-12,18H2,1H3,(H,19,20). The van der Waals surface area contributed by atoms with Crippen molar-refractivity contribution in [3.05, 3.63) is 35.4 Å². The van der Waals surface area contributed by atoms with Crippen molar-refractivity contribution in [1.82, 2.24) is 5.32 Å². The molecule has 0 aromatic heterocycles. The Bertz CT molecular complexity index is 444. The summed E-state index contributed by atoms with van der Waals surface area (Å²) in [5.74, 6) is 1.49. The summed E-state index contributed by atoms with van der Waals surface area (Å²) in [5.41, 5.74) is 7.43. The number of nitrogens with one attached hydrogen (secondary N) is 1.